The molecule has 2 aromatic carbocycles. The van der Waals surface area contributed by atoms with Gasteiger partial charge in [0.1, 0.15) is 6.10 Å². The van der Waals surface area contributed by atoms with E-state index in [0.29, 0.717) is 0 Å². The van der Waals surface area contributed by atoms with Gasteiger partial charge in [0.2, 0.25) is 0 Å². The number of hydrogen-bond acceptors (Lipinski definition) is 2. The Morgan fingerprint density at radius 2 is 1.65 bits per heavy atom. The van der Waals surface area contributed by atoms with Crippen LogP contribution in [-0.4, -0.2) is 13.2 Å². The molecule has 0 saturated heterocycles. The van der Waals surface area contributed by atoms with Crippen LogP contribution in [0.5, 0.6) is 0 Å². The highest BCUT2D eigenvalue weighted by molar-refractivity contribution is 5.21. The van der Waals surface area contributed by atoms with Gasteiger partial charge >= 0.3 is 0 Å². The van der Waals surface area contributed by atoms with Crippen LogP contribution >= 0.6 is 0 Å². The number of benzene rings is 2. The standard InChI is InChI=1S/C18H21NO/c1-3-17(19-14-15-10-6-4-7-11-15)18(20-2)16-12-8-5-9-13-16/h3-13,17-19H,1,14H2,2H3. The van der Waals surface area contributed by atoms with Gasteiger partial charge in [-0.25, -0.2) is 0 Å². The van der Waals surface area contributed by atoms with Crippen molar-refractivity contribution in [3.63, 3.8) is 0 Å². The number of rotatable bonds is 7. The second-order valence-corrected chi connectivity index (χ2v) is 4.69. The van der Waals surface area contributed by atoms with Crippen LogP contribution < -0.4 is 5.32 Å². The van der Waals surface area contributed by atoms with Crippen molar-refractivity contribution in [2.45, 2.75) is 18.7 Å². The van der Waals surface area contributed by atoms with Crippen molar-refractivity contribution in [2.75, 3.05) is 7.11 Å². The Bertz CT molecular complexity index is 509. The Hall–Kier alpha value is -1.90. The lowest BCUT2D eigenvalue weighted by Crippen LogP contribution is -2.33. The largest absolute Gasteiger partial charge is 0.375 e. The Morgan fingerprint density at radius 3 is 2.20 bits per heavy atom. The molecule has 2 heteroatoms. The Balaban J connectivity index is 2.04. The molecule has 104 valence electrons. The highest BCUT2D eigenvalue weighted by Gasteiger charge is 2.19. The lowest BCUT2D eigenvalue weighted by atomic mass is 10.0. The van der Waals surface area contributed by atoms with Gasteiger partial charge in [0, 0.05) is 13.7 Å². The molecule has 0 aliphatic carbocycles. The maximum Gasteiger partial charge on any atom is 0.101 e. The number of nitrogens with one attached hydrogen (secondary N) is 1. The van der Waals surface area contributed by atoms with E-state index in [9.17, 15) is 0 Å². The van der Waals surface area contributed by atoms with Gasteiger partial charge in [0.05, 0.1) is 6.04 Å². The summed E-state index contributed by atoms with van der Waals surface area (Å²) in [4.78, 5) is 0. The zero-order valence-electron chi connectivity index (χ0n) is 11.8. The van der Waals surface area contributed by atoms with Gasteiger partial charge < -0.3 is 10.1 Å². The Morgan fingerprint density at radius 1 is 1.05 bits per heavy atom. The molecule has 2 aromatic rings. The Kier molecular flexibility index (Phi) is 5.54. The van der Waals surface area contributed by atoms with E-state index in [4.69, 9.17) is 4.74 Å². The number of methoxy groups -OCH3 is 1. The summed E-state index contributed by atoms with van der Waals surface area (Å²) >= 11 is 0. The predicted octanol–water partition coefficient (Wildman–Crippen LogP) is 3.72. The van der Waals surface area contributed by atoms with Crippen molar-refractivity contribution < 1.29 is 4.74 Å². The molecular formula is C18H21NO. The van der Waals surface area contributed by atoms with Gasteiger partial charge in [-0.2, -0.15) is 0 Å². The maximum absolute atomic E-state index is 5.64. The predicted molar refractivity (Wildman–Crippen MR) is 83.5 cm³/mol. The summed E-state index contributed by atoms with van der Waals surface area (Å²) in [5.41, 5.74) is 2.41. The zero-order valence-corrected chi connectivity index (χ0v) is 11.8. The van der Waals surface area contributed by atoms with Gasteiger partial charge in [-0.15, -0.1) is 6.58 Å². The molecule has 2 rings (SSSR count). The van der Waals surface area contributed by atoms with Crippen molar-refractivity contribution >= 4 is 0 Å². The molecule has 0 aromatic heterocycles. The van der Waals surface area contributed by atoms with E-state index < -0.39 is 0 Å². The van der Waals surface area contributed by atoms with Crippen LogP contribution in [0, 0.1) is 0 Å². The smallest absolute Gasteiger partial charge is 0.101 e. The van der Waals surface area contributed by atoms with E-state index in [-0.39, 0.29) is 12.1 Å². The van der Waals surface area contributed by atoms with Crippen molar-refractivity contribution in [3.05, 3.63) is 84.4 Å². The normalized spacial score (nSPS) is 13.7. The third-order valence-corrected chi connectivity index (χ3v) is 3.35. The molecule has 0 radical (unpaired) electrons. The first-order valence-corrected chi connectivity index (χ1v) is 6.82. The molecule has 20 heavy (non-hydrogen) atoms. The molecule has 2 unspecified atom stereocenters. The minimum atomic E-state index is -0.0302. The maximum atomic E-state index is 5.64. The lowest BCUT2D eigenvalue weighted by Gasteiger charge is -2.25. The summed E-state index contributed by atoms with van der Waals surface area (Å²) in [6.45, 7) is 4.72. The first-order chi connectivity index (χ1) is 9.85. The van der Waals surface area contributed by atoms with Crippen molar-refractivity contribution in [2.24, 2.45) is 0 Å². The average Bonchev–Trinajstić information content (AvgIpc) is 2.53. The van der Waals surface area contributed by atoms with E-state index in [1.54, 1.807) is 7.11 Å². The van der Waals surface area contributed by atoms with Gasteiger partial charge in [-0.1, -0.05) is 66.7 Å². The highest BCUT2D eigenvalue weighted by Crippen LogP contribution is 2.21. The van der Waals surface area contributed by atoms with E-state index in [0.717, 1.165) is 12.1 Å². The summed E-state index contributed by atoms with van der Waals surface area (Å²) in [7, 11) is 1.73. The summed E-state index contributed by atoms with van der Waals surface area (Å²) < 4.78 is 5.64. The summed E-state index contributed by atoms with van der Waals surface area (Å²) in [6, 6.07) is 20.6. The quantitative estimate of drug-likeness (QED) is 0.772. The van der Waals surface area contributed by atoms with Crippen LogP contribution in [0.2, 0.25) is 0 Å². The fourth-order valence-corrected chi connectivity index (χ4v) is 2.28. The van der Waals surface area contributed by atoms with E-state index >= 15 is 0 Å². The Labute approximate surface area is 121 Å². The minimum Gasteiger partial charge on any atom is -0.375 e. The van der Waals surface area contributed by atoms with Crippen LogP contribution in [0.4, 0.5) is 0 Å². The molecule has 0 heterocycles. The molecule has 1 N–H and O–H groups in total. The third kappa shape index (κ3) is 3.80. The van der Waals surface area contributed by atoms with Crippen molar-refractivity contribution in [3.8, 4) is 0 Å². The summed E-state index contributed by atoms with van der Waals surface area (Å²) in [6.07, 6.45) is 1.88. The molecule has 2 nitrogen and oxygen atoms in total. The van der Waals surface area contributed by atoms with Gasteiger partial charge in [0.25, 0.3) is 0 Å². The monoisotopic (exact) mass is 267 g/mol. The second kappa shape index (κ2) is 7.63. The number of hydrogen-bond donors (Lipinski definition) is 1. The van der Waals surface area contributed by atoms with Crippen LogP contribution in [0.1, 0.15) is 17.2 Å². The third-order valence-electron chi connectivity index (χ3n) is 3.35. The fourth-order valence-electron chi connectivity index (χ4n) is 2.28. The molecule has 0 aliphatic heterocycles. The SMILES string of the molecule is C=CC(NCc1ccccc1)C(OC)c1ccccc1. The molecular weight excluding hydrogens is 246 g/mol. The van der Waals surface area contributed by atoms with E-state index in [1.165, 1.54) is 5.56 Å². The van der Waals surface area contributed by atoms with Crippen LogP contribution in [-0.2, 0) is 11.3 Å². The first kappa shape index (κ1) is 14.5. The zero-order chi connectivity index (χ0) is 14.2. The highest BCUT2D eigenvalue weighted by atomic mass is 16.5. The second-order valence-electron chi connectivity index (χ2n) is 4.69. The molecule has 0 aliphatic rings. The average molecular weight is 267 g/mol. The number of ether oxygens (including phenoxy) is 1. The van der Waals surface area contributed by atoms with Crippen LogP contribution in [0.25, 0.3) is 0 Å². The summed E-state index contributed by atoms with van der Waals surface area (Å²) in [5, 5.41) is 3.49. The van der Waals surface area contributed by atoms with Gasteiger partial charge in [0.15, 0.2) is 0 Å². The molecule has 0 amide bonds. The van der Waals surface area contributed by atoms with Crippen molar-refractivity contribution in [1.82, 2.24) is 5.32 Å². The van der Waals surface area contributed by atoms with Crippen LogP contribution in [0.3, 0.4) is 0 Å². The lowest BCUT2D eigenvalue weighted by molar-refractivity contribution is 0.0814. The van der Waals surface area contributed by atoms with Crippen LogP contribution in [0.15, 0.2) is 73.3 Å². The topological polar surface area (TPSA) is 21.3 Å². The van der Waals surface area contributed by atoms with Gasteiger partial charge in [-0.05, 0) is 11.1 Å². The van der Waals surface area contributed by atoms with E-state index in [1.807, 2.05) is 42.5 Å². The van der Waals surface area contributed by atoms with E-state index in [2.05, 4.69) is 36.2 Å². The van der Waals surface area contributed by atoms with Gasteiger partial charge in [-0.3, -0.25) is 0 Å². The summed E-state index contributed by atoms with van der Waals surface area (Å²) in [5.74, 6) is 0. The minimum absolute atomic E-state index is 0.0302. The molecule has 0 fully saturated rings. The molecule has 0 saturated carbocycles. The molecule has 0 bridgehead atoms. The van der Waals surface area contributed by atoms with Crippen molar-refractivity contribution in [1.29, 1.82) is 0 Å². The molecule has 2 atom stereocenters. The first-order valence-electron chi connectivity index (χ1n) is 6.82. The molecule has 0 spiro atoms. The fraction of sp³-hybridized carbons (Fsp3) is 0.222.